The second kappa shape index (κ2) is 6.87. The number of carbonyl (C=O) groups is 3. The molecular formula is C21H20N2O4. The molecule has 2 aromatic carbocycles. The number of carbonyl (C=O) groups excluding carboxylic acids is 2. The van der Waals surface area contributed by atoms with Crippen LogP contribution in [-0.4, -0.2) is 40.4 Å². The lowest BCUT2D eigenvalue weighted by molar-refractivity contribution is -0.148. The zero-order chi connectivity index (χ0) is 19.0. The van der Waals surface area contributed by atoms with Crippen molar-refractivity contribution in [3.8, 4) is 0 Å². The summed E-state index contributed by atoms with van der Waals surface area (Å²) in [6.07, 6.45) is 0.518. The van der Waals surface area contributed by atoms with Gasteiger partial charge in [-0.2, -0.15) is 0 Å². The molecular weight excluding hydrogens is 344 g/mol. The van der Waals surface area contributed by atoms with Gasteiger partial charge < -0.3 is 14.9 Å². The third-order valence-electron chi connectivity index (χ3n) is 5.40. The van der Waals surface area contributed by atoms with E-state index < -0.39 is 17.9 Å². The zero-order valence-electron chi connectivity index (χ0n) is 14.7. The van der Waals surface area contributed by atoms with E-state index in [-0.39, 0.29) is 30.8 Å². The number of benzene rings is 2. The number of β-lactam (4-membered cyclic amide) rings is 1. The summed E-state index contributed by atoms with van der Waals surface area (Å²) in [5, 5.41) is 9.39. The smallest absolute Gasteiger partial charge is 0.326 e. The lowest BCUT2D eigenvalue weighted by atomic mass is 9.81. The standard InChI is InChI=1S/C21H20N2O4/c24-18-12-11-17(21(26)27)22(18)13-16-19(14-7-3-1-4-8-14)23(20(16)25)15-9-5-2-6-10-15/h1-10,16-17,19H,11-13H2,(H,26,27)/t16-,17-,19+/m0/s1. The van der Waals surface area contributed by atoms with Crippen LogP contribution in [0.25, 0.3) is 0 Å². The van der Waals surface area contributed by atoms with Crippen LogP contribution in [0.3, 0.4) is 0 Å². The van der Waals surface area contributed by atoms with E-state index in [1.54, 1.807) is 4.90 Å². The van der Waals surface area contributed by atoms with E-state index in [0.717, 1.165) is 11.3 Å². The van der Waals surface area contributed by atoms with Gasteiger partial charge in [0.15, 0.2) is 0 Å². The summed E-state index contributed by atoms with van der Waals surface area (Å²) >= 11 is 0. The van der Waals surface area contributed by atoms with Gasteiger partial charge in [0.05, 0.1) is 12.0 Å². The molecule has 2 fully saturated rings. The Labute approximate surface area is 157 Å². The number of nitrogens with zero attached hydrogens (tertiary/aromatic N) is 2. The predicted molar refractivity (Wildman–Crippen MR) is 99.0 cm³/mol. The van der Waals surface area contributed by atoms with Gasteiger partial charge in [0.25, 0.3) is 0 Å². The number of aliphatic carboxylic acids is 1. The Morgan fingerprint density at radius 2 is 1.63 bits per heavy atom. The predicted octanol–water partition coefficient (Wildman–Crippen LogP) is 2.47. The van der Waals surface area contributed by atoms with Gasteiger partial charge in [0.1, 0.15) is 6.04 Å². The Hall–Kier alpha value is -3.15. The van der Waals surface area contributed by atoms with Gasteiger partial charge in [-0.3, -0.25) is 9.59 Å². The Balaban J connectivity index is 1.65. The first-order chi connectivity index (χ1) is 13.1. The summed E-state index contributed by atoms with van der Waals surface area (Å²) in [5.41, 5.74) is 1.78. The topological polar surface area (TPSA) is 77.9 Å². The van der Waals surface area contributed by atoms with E-state index >= 15 is 0 Å². The number of hydrogen-bond acceptors (Lipinski definition) is 3. The van der Waals surface area contributed by atoms with Crippen molar-refractivity contribution in [2.75, 3.05) is 11.4 Å². The highest BCUT2D eigenvalue weighted by molar-refractivity contribution is 6.03. The summed E-state index contributed by atoms with van der Waals surface area (Å²) in [6, 6.07) is 18.0. The van der Waals surface area contributed by atoms with Gasteiger partial charge in [-0.1, -0.05) is 48.5 Å². The van der Waals surface area contributed by atoms with Crippen LogP contribution in [0.5, 0.6) is 0 Å². The van der Waals surface area contributed by atoms with Crippen LogP contribution in [0.1, 0.15) is 24.4 Å². The van der Waals surface area contributed by atoms with Crippen molar-refractivity contribution in [2.24, 2.45) is 5.92 Å². The summed E-state index contributed by atoms with van der Waals surface area (Å²) in [7, 11) is 0. The SMILES string of the molecule is O=C(O)[C@@H]1CCC(=O)N1C[C@@H]1C(=O)N(c2ccccc2)[C@@H]1c1ccccc1. The molecule has 6 heteroatoms. The number of likely N-dealkylation sites (tertiary alicyclic amines) is 1. The lowest BCUT2D eigenvalue weighted by Crippen LogP contribution is -2.60. The highest BCUT2D eigenvalue weighted by Gasteiger charge is 2.51. The first-order valence-electron chi connectivity index (χ1n) is 9.03. The lowest BCUT2D eigenvalue weighted by Gasteiger charge is -2.48. The molecule has 0 spiro atoms. The average Bonchev–Trinajstić information content (AvgIpc) is 3.06. The minimum absolute atomic E-state index is 0.0844. The number of hydrogen-bond donors (Lipinski definition) is 1. The molecule has 0 aromatic heterocycles. The van der Waals surface area contributed by atoms with E-state index in [1.165, 1.54) is 4.90 Å². The maximum atomic E-state index is 13.0. The Kier molecular flexibility index (Phi) is 4.39. The monoisotopic (exact) mass is 364 g/mol. The zero-order valence-corrected chi connectivity index (χ0v) is 14.7. The van der Waals surface area contributed by atoms with E-state index in [2.05, 4.69) is 0 Å². The van der Waals surface area contributed by atoms with Crippen molar-refractivity contribution in [1.29, 1.82) is 0 Å². The molecule has 0 radical (unpaired) electrons. The molecule has 0 saturated carbocycles. The molecule has 0 unspecified atom stereocenters. The number of amides is 2. The molecule has 2 saturated heterocycles. The maximum absolute atomic E-state index is 13.0. The second-order valence-electron chi connectivity index (χ2n) is 6.94. The van der Waals surface area contributed by atoms with Crippen molar-refractivity contribution in [3.05, 3.63) is 66.2 Å². The fourth-order valence-corrected chi connectivity index (χ4v) is 4.07. The van der Waals surface area contributed by atoms with Crippen LogP contribution in [0.4, 0.5) is 5.69 Å². The van der Waals surface area contributed by atoms with Crippen LogP contribution < -0.4 is 4.90 Å². The summed E-state index contributed by atoms with van der Waals surface area (Å²) in [5.74, 6) is -1.74. The Bertz CT molecular complexity index is 868. The van der Waals surface area contributed by atoms with E-state index in [1.807, 2.05) is 60.7 Å². The highest BCUT2D eigenvalue weighted by atomic mass is 16.4. The van der Waals surface area contributed by atoms with Gasteiger partial charge in [0.2, 0.25) is 11.8 Å². The quantitative estimate of drug-likeness (QED) is 0.827. The van der Waals surface area contributed by atoms with Crippen LogP contribution >= 0.6 is 0 Å². The van der Waals surface area contributed by atoms with Gasteiger partial charge in [-0.25, -0.2) is 4.79 Å². The molecule has 27 heavy (non-hydrogen) atoms. The van der Waals surface area contributed by atoms with Crippen molar-refractivity contribution in [1.82, 2.24) is 4.90 Å². The van der Waals surface area contributed by atoms with Gasteiger partial charge >= 0.3 is 5.97 Å². The summed E-state index contributed by atoms with van der Waals surface area (Å²) in [6.45, 7) is 0.136. The van der Waals surface area contributed by atoms with E-state index in [4.69, 9.17) is 0 Å². The Morgan fingerprint density at radius 3 is 2.26 bits per heavy atom. The molecule has 2 aliphatic heterocycles. The highest BCUT2D eigenvalue weighted by Crippen LogP contribution is 2.44. The molecule has 2 heterocycles. The number of rotatable bonds is 5. The molecule has 4 rings (SSSR count). The summed E-state index contributed by atoms with van der Waals surface area (Å²) in [4.78, 5) is 39.7. The number of para-hydroxylation sites is 1. The third-order valence-corrected chi connectivity index (χ3v) is 5.40. The molecule has 0 bridgehead atoms. The van der Waals surface area contributed by atoms with Crippen LogP contribution in [0.15, 0.2) is 60.7 Å². The number of anilines is 1. The number of carboxylic acid groups (broad SMARTS) is 1. The fourth-order valence-electron chi connectivity index (χ4n) is 4.07. The van der Waals surface area contributed by atoms with Crippen LogP contribution in [0.2, 0.25) is 0 Å². The van der Waals surface area contributed by atoms with Crippen molar-refractivity contribution >= 4 is 23.5 Å². The van der Waals surface area contributed by atoms with Crippen molar-refractivity contribution in [3.63, 3.8) is 0 Å². The third kappa shape index (κ3) is 2.97. The van der Waals surface area contributed by atoms with E-state index in [0.29, 0.717) is 6.42 Å². The Morgan fingerprint density at radius 1 is 1.00 bits per heavy atom. The van der Waals surface area contributed by atoms with Gasteiger partial charge in [-0.15, -0.1) is 0 Å². The van der Waals surface area contributed by atoms with Gasteiger partial charge in [-0.05, 0) is 24.1 Å². The average molecular weight is 364 g/mol. The van der Waals surface area contributed by atoms with E-state index in [9.17, 15) is 19.5 Å². The minimum atomic E-state index is -1.01. The molecule has 2 amide bonds. The van der Waals surface area contributed by atoms with Crippen molar-refractivity contribution < 1.29 is 19.5 Å². The summed E-state index contributed by atoms with van der Waals surface area (Å²) < 4.78 is 0. The van der Waals surface area contributed by atoms with Crippen molar-refractivity contribution in [2.45, 2.75) is 24.9 Å². The number of carboxylic acids is 1. The molecule has 6 nitrogen and oxygen atoms in total. The molecule has 138 valence electrons. The molecule has 2 aliphatic rings. The maximum Gasteiger partial charge on any atom is 0.326 e. The fraction of sp³-hybridized carbons (Fsp3) is 0.286. The second-order valence-corrected chi connectivity index (χ2v) is 6.94. The first kappa shape index (κ1) is 17.3. The minimum Gasteiger partial charge on any atom is -0.480 e. The largest absolute Gasteiger partial charge is 0.480 e. The molecule has 3 atom stereocenters. The first-order valence-corrected chi connectivity index (χ1v) is 9.03. The molecule has 2 aromatic rings. The van der Waals surface area contributed by atoms with Gasteiger partial charge in [0, 0.05) is 18.7 Å². The normalized spacial score (nSPS) is 24.8. The molecule has 0 aliphatic carbocycles. The molecule has 1 N–H and O–H groups in total. The van der Waals surface area contributed by atoms with Crippen LogP contribution in [0, 0.1) is 5.92 Å². The van der Waals surface area contributed by atoms with Crippen LogP contribution in [-0.2, 0) is 14.4 Å².